The quantitative estimate of drug-likeness (QED) is 0.268. The number of methoxy groups -OCH3 is 1. The Hall–Kier alpha value is -3.81. The van der Waals surface area contributed by atoms with E-state index in [1.165, 1.54) is 6.07 Å². The molecular weight excluding hydrogens is 504 g/mol. The molecule has 1 aromatic heterocycles. The Kier molecular flexibility index (Phi) is 9.05. The molecular formula is C30H31ClN2O5. The van der Waals surface area contributed by atoms with Gasteiger partial charge in [0.2, 0.25) is 11.5 Å². The van der Waals surface area contributed by atoms with Crippen molar-refractivity contribution in [2.75, 3.05) is 19.5 Å². The number of nitrogens with one attached hydrogen (secondary N) is 1. The maximum absolute atomic E-state index is 12.8. The van der Waals surface area contributed by atoms with E-state index in [9.17, 15) is 14.7 Å². The molecule has 2 atom stereocenters. The van der Waals surface area contributed by atoms with E-state index in [1.54, 1.807) is 30.2 Å². The number of aliphatic hydroxyl groups excluding tert-OH is 1. The van der Waals surface area contributed by atoms with Gasteiger partial charge in [0.15, 0.2) is 0 Å². The van der Waals surface area contributed by atoms with Crippen molar-refractivity contribution in [3.05, 3.63) is 106 Å². The second kappa shape index (κ2) is 12.6. The predicted octanol–water partition coefficient (Wildman–Crippen LogP) is 4.85. The van der Waals surface area contributed by atoms with Crippen molar-refractivity contribution in [2.24, 2.45) is 0 Å². The molecule has 4 aromatic rings. The molecule has 3 aromatic carbocycles. The second-order valence-corrected chi connectivity index (χ2v) is 9.40. The van der Waals surface area contributed by atoms with Crippen LogP contribution in [-0.2, 0) is 17.8 Å². The minimum Gasteiger partial charge on any atom is -0.497 e. The number of H-pyrrole nitrogens is 1. The molecule has 8 heteroatoms. The summed E-state index contributed by atoms with van der Waals surface area (Å²) in [5.41, 5.74) is 2.81. The van der Waals surface area contributed by atoms with Gasteiger partial charge in [0.1, 0.15) is 24.0 Å². The van der Waals surface area contributed by atoms with Gasteiger partial charge >= 0.3 is 0 Å². The first-order valence-corrected chi connectivity index (χ1v) is 12.9. The number of hydrogen-bond acceptors (Lipinski definition) is 5. The summed E-state index contributed by atoms with van der Waals surface area (Å²) < 4.78 is 11.2. The fraction of sp³-hybridized carbons (Fsp3) is 0.267. The molecule has 4 rings (SSSR count). The molecule has 0 saturated carbocycles. The summed E-state index contributed by atoms with van der Waals surface area (Å²) in [6.45, 7) is 2.30. The van der Waals surface area contributed by atoms with E-state index in [1.807, 2.05) is 61.5 Å². The summed E-state index contributed by atoms with van der Waals surface area (Å²) in [7, 11) is 1.61. The third-order valence-corrected chi connectivity index (χ3v) is 6.74. The summed E-state index contributed by atoms with van der Waals surface area (Å²) in [4.78, 5) is 29.4. The molecule has 0 bridgehead atoms. The van der Waals surface area contributed by atoms with Gasteiger partial charge in [-0.2, -0.15) is 0 Å². The highest BCUT2D eigenvalue weighted by atomic mass is 35.5. The average Bonchev–Trinajstić information content (AvgIpc) is 2.94. The number of aliphatic hydroxyl groups is 1. The molecule has 0 unspecified atom stereocenters. The molecule has 0 aliphatic carbocycles. The maximum atomic E-state index is 12.8. The first-order valence-electron chi connectivity index (χ1n) is 12.4. The van der Waals surface area contributed by atoms with Crippen molar-refractivity contribution in [1.82, 2.24) is 9.88 Å². The Balaban J connectivity index is 1.57. The topological polar surface area (TPSA) is 91.9 Å². The number of hydrogen-bond donors (Lipinski definition) is 2. The zero-order valence-electron chi connectivity index (χ0n) is 21.4. The number of rotatable bonds is 11. The third kappa shape index (κ3) is 6.54. The molecule has 1 amide bonds. The van der Waals surface area contributed by atoms with Gasteiger partial charge in [-0.15, -0.1) is 11.6 Å². The molecule has 198 valence electrons. The normalized spacial score (nSPS) is 12.6. The molecule has 38 heavy (non-hydrogen) atoms. The van der Waals surface area contributed by atoms with Crippen LogP contribution in [0, 0.1) is 0 Å². The predicted molar refractivity (Wildman–Crippen MR) is 149 cm³/mol. The van der Waals surface area contributed by atoms with Gasteiger partial charge in [-0.05, 0) is 54.3 Å². The lowest BCUT2D eigenvalue weighted by molar-refractivity contribution is -0.132. The van der Waals surface area contributed by atoms with Gasteiger partial charge < -0.3 is 24.5 Å². The number of pyridine rings is 1. The zero-order valence-corrected chi connectivity index (χ0v) is 22.1. The summed E-state index contributed by atoms with van der Waals surface area (Å²) in [6, 6.07) is 23.7. The van der Waals surface area contributed by atoms with Crippen LogP contribution in [0.15, 0.2) is 83.7 Å². The Morgan fingerprint density at radius 2 is 1.74 bits per heavy atom. The molecule has 0 aliphatic rings. The number of benzene rings is 3. The van der Waals surface area contributed by atoms with E-state index >= 15 is 0 Å². The van der Waals surface area contributed by atoms with Crippen molar-refractivity contribution in [3.8, 4) is 11.5 Å². The van der Waals surface area contributed by atoms with Gasteiger partial charge in [-0.3, -0.25) is 9.59 Å². The minimum atomic E-state index is -1.02. The number of aromatic amines is 1. The third-order valence-electron chi connectivity index (χ3n) is 6.51. The van der Waals surface area contributed by atoms with Crippen molar-refractivity contribution in [2.45, 2.75) is 32.1 Å². The fourth-order valence-electron chi connectivity index (χ4n) is 4.50. The SMILES string of the molecule is COc1ccc(C[C@@H](C)N(C[C@@H](O)c2ccc(OCc3ccccc3)c3[nH]c(=O)ccc23)C(=O)CCl)cc1. The Bertz CT molecular complexity index is 1420. The number of carbonyl (C=O) groups is 1. The van der Waals surface area contributed by atoms with E-state index in [4.69, 9.17) is 21.1 Å². The zero-order chi connectivity index (χ0) is 27.1. The van der Waals surface area contributed by atoms with Gasteiger partial charge in [-0.25, -0.2) is 0 Å². The standard InChI is InChI=1S/C30H31ClN2O5/c1-20(16-21-8-10-23(37-2)11-9-21)33(29(36)17-31)18-26(34)24-12-14-27(30-25(24)13-15-28(35)32-30)38-19-22-6-4-3-5-7-22/h3-15,20,26,34H,16-19H2,1-2H3,(H,32,35)/t20-,26-/m1/s1. The van der Waals surface area contributed by atoms with Gasteiger partial charge in [-0.1, -0.05) is 48.5 Å². The number of aromatic nitrogens is 1. The second-order valence-electron chi connectivity index (χ2n) is 9.14. The number of carbonyl (C=O) groups excluding carboxylic acids is 1. The Labute approximate surface area is 226 Å². The van der Waals surface area contributed by atoms with E-state index in [2.05, 4.69) is 4.98 Å². The van der Waals surface area contributed by atoms with E-state index < -0.39 is 6.10 Å². The van der Waals surface area contributed by atoms with Crippen LogP contribution in [0.2, 0.25) is 0 Å². The Morgan fingerprint density at radius 3 is 2.42 bits per heavy atom. The monoisotopic (exact) mass is 534 g/mol. The van der Waals surface area contributed by atoms with Crippen molar-refractivity contribution in [3.63, 3.8) is 0 Å². The number of halogens is 1. The van der Waals surface area contributed by atoms with E-state index in [0.717, 1.165) is 16.9 Å². The number of alkyl halides is 1. The van der Waals surface area contributed by atoms with Gasteiger partial charge in [0, 0.05) is 17.5 Å². The van der Waals surface area contributed by atoms with E-state index in [-0.39, 0.29) is 29.9 Å². The highest BCUT2D eigenvalue weighted by Gasteiger charge is 2.25. The first kappa shape index (κ1) is 27.2. The number of fused-ring (bicyclic) bond motifs is 1. The van der Waals surface area contributed by atoms with Crippen molar-refractivity contribution >= 4 is 28.4 Å². The molecule has 0 fully saturated rings. The number of nitrogens with zero attached hydrogens (tertiary/aromatic N) is 1. The first-order chi connectivity index (χ1) is 18.4. The molecule has 0 saturated heterocycles. The van der Waals surface area contributed by atoms with Crippen LogP contribution < -0.4 is 15.0 Å². The van der Waals surface area contributed by atoms with Crippen molar-refractivity contribution < 1.29 is 19.4 Å². The molecule has 0 spiro atoms. The van der Waals surface area contributed by atoms with Crippen LogP contribution in [0.5, 0.6) is 11.5 Å². The summed E-state index contributed by atoms with van der Waals surface area (Å²) in [5, 5.41) is 11.9. The lowest BCUT2D eigenvalue weighted by Gasteiger charge is -2.31. The summed E-state index contributed by atoms with van der Waals surface area (Å²) >= 11 is 5.94. The van der Waals surface area contributed by atoms with Gasteiger partial charge in [0.25, 0.3) is 0 Å². The fourth-order valence-corrected chi connectivity index (χ4v) is 4.65. The van der Waals surface area contributed by atoms with Crippen LogP contribution in [-0.4, -0.2) is 46.5 Å². The van der Waals surface area contributed by atoms with Crippen LogP contribution in [0.4, 0.5) is 0 Å². The lowest BCUT2D eigenvalue weighted by Crippen LogP contribution is -2.43. The van der Waals surface area contributed by atoms with Crippen LogP contribution >= 0.6 is 11.6 Å². The molecule has 0 radical (unpaired) electrons. The number of amides is 1. The Morgan fingerprint density at radius 1 is 1.00 bits per heavy atom. The van der Waals surface area contributed by atoms with E-state index in [0.29, 0.717) is 35.2 Å². The smallest absolute Gasteiger partial charge is 0.248 e. The van der Waals surface area contributed by atoms with Crippen LogP contribution in [0.3, 0.4) is 0 Å². The molecule has 0 aliphatic heterocycles. The molecule has 7 nitrogen and oxygen atoms in total. The van der Waals surface area contributed by atoms with Crippen LogP contribution in [0.25, 0.3) is 10.9 Å². The highest BCUT2D eigenvalue weighted by Crippen LogP contribution is 2.31. The lowest BCUT2D eigenvalue weighted by atomic mass is 10.0. The maximum Gasteiger partial charge on any atom is 0.248 e. The summed E-state index contributed by atoms with van der Waals surface area (Å²) in [5.74, 6) is 0.790. The molecule has 2 N–H and O–H groups in total. The average molecular weight is 535 g/mol. The van der Waals surface area contributed by atoms with Crippen LogP contribution in [0.1, 0.15) is 29.7 Å². The molecule has 1 heterocycles. The van der Waals surface area contributed by atoms with Gasteiger partial charge in [0.05, 0.1) is 25.3 Å². The van der Waals surface area contributed by atoms with Crippen molar-refractivity contribution in [1.29, 1.82) is 0 Å². The minimum absolute atomic E-state index is 0.0430. The largest absolute Gasteiger partial charge is 0.497 e. The highest BCUT2D eigenvalue weighted by molar-refractivity contribution is 6.27. The number of ether oxygens (including phenoxy) is 2. The summed E-state index contributed by atoms with van der Waals surface area (Å²) in [6.07, 6.45) is -0.434.